The number of rotatable bonds is 9. The van der Waals surface area contributed by atoms with E-state index in [1.54, 1.807) is 26.4 Å². The van der Waals surface area contributed by atoms with Gasteiger partial charge in [0.05, 0.1) is 14.2 Å². The largest absolute Gasteiger partial charge is 0.493 e. The molecule has 0 heterocycles. The minimum atomic E-state index is -0.826. The molecule has 0 saturated heterocycles. The van der Waals surface area contributed by atoms with Crippen molar-refractivity contribution in [3.8, 4) is 11.5 Å². The lowest BCUT2D eigenvalue weighted by atomic mass is 10.1. The number of nitrogens with one attached hydrogen (secondary N) is 1. The van der Waals surface area contributed by atoms with E-state index < -0.39 is 12.1 Å². The summed E-state index contributed by atoms with van der Waals surface area (Å²) in [6.07, 6.45) is 1.39. The molecule has 0 bridgehead atoms. The maximum Gasteiger partial charge on any atom is 0.306 e. The second-order valence-corrected chi connectivity index (χ2v) is 4.86. The van der Waals surface area contributed by atoms with E-state index in [4.69, 9.17) is 14.2 Å². The number of ether oxygens (including phenoxy) is 3. The zero-order valence-corrected chi connectivity index (χ0v) is 13.8. The molecule has 1 amide bonds. The van der Waals surface area contributed by atoms with Crippen LogP contribution in [-0.2, 0) is 20.7 Å². The van der Waals surface area contributed by atoms with Crippen LogP contribution in [-0.4, -0.2) is 38.7 Å². The molecule has 6 nitrogen and oxygen atoms in total. The lowest BCUT2D eigenvalue weighted by Crippen LogP contribution is -2.35. The van der Waals surface area contributed by atoms with E-state index in [0.29, 0.717) is 24.5 Å². The molecule has 0 aliphatic carbocycles. The highest BCUT2D eigenvalue weighted by molar-refractivity contribution is 5.83. The molecule has 1 N–H and O–H groups in total. The van der Waals surface area contributed by atoms with Crippen molar-refractivity contribution in [2.45, 2.75) is 25.9 Å². The molecule has 6 heteroatoms. The van der Waals surface area contributed by atoms with Crippen LogP contribution in [0, 0.1) is 0 Å². The van der Waals surface area contributed by atoms with Crippen LogP contribution in [0.2, 0.25) is 0 Å². The van der Waals surface area contributed by atoms with Gasteiger partial charge in [-0.1, -0.05) is 12.1 Å². The van der Waals surface area contributed by atoms with E-state index in [-0.39, 0.29) is 12.3 Å². The van der Waals surface area contributed by atoms with Crippen LogP contribution in [0.4, 0.5) is 0 Å². The standard InChI is InChI=1S/C17H23NO5/c1-5-10-18-17(20)12(2)23-16(19)9-7-13-6-8-14(21-3)15(11-13)22-4/h5-6,8,11-12H,1,7,9-10H2,2-4H3,(H,18,20)/t12-/m0/s1. The summed E-state index contributed by atoms with van der Waals surface area (Å²) in [5.74, 6) is 0.465. The quantitative estimate of drug-likeness (QED) is 0.555. The van der Waals surface area contributed by atoms with E-state index >= 15 is 0 Å². The molecule has 0 radical (unpaired) electrons. The van der Waals surface area contributed by atoms with Gasteiger partial charge in [0.25, 0.3) is 5.91 Å². The van der Waals surface area contributed by atoms with Gasteiger partial charge < -0.3 is 19.5 Å². The monoisotopic (exact) mass is 321 g/mol. The number of hydrogen-bond acceptors (Lipinski definition) is 5. The molecule has 126 valence electrons. The fourth-order valence-corrected chi connectivity index (χ4v) is 1.91. The van der Waals surface area contributed by atoms with Crippen molar-refractivity contribution in [3.63, 3.8) is 0 Å². The topological polar surface area (TPSA) is 73.9 Å². The SMILES string of the molecule is C=CCNC(=O)[C@H](C)OC(=O)CCc1ccc(OC)c(OC)c1. The first-order valence-electron chi connectivity index (χ1n) is 7.30. The third-order valence-electron chi connectivity index (χ3n) is 3.16. The van der Waals surface area contributed by atoms with Crippen molar-refractivity contribution in [1.29, 1.82) is 0 Å². The molecule has 1 aromatic carbocycles. The van der Waals surface area contributed by atoms with Gasteiger partial charge in [0.2, 0.25) is 0 Å². The van der Waals surface area contributed by atoms with Crippen LogP contribution in [0.1, 0.15) is 18.9 Å². The molecule has 0 aromatic heterocycles. The van der Waals surface area contributed by atoms with Gasteiger partial charge in [0.1, 0.15) is 0 Å². The summed E-state index contributed by atoms with van der Waals surface area (Å²) in [6.45, 7) is 5.37. The van der Waals surface area contributed by atoms with Gasteiger partial charge in [-0.2, -0.15) is 0 Å². The summed E-state index contributed by atoms with van der Waals surface area (Å²) in [4.78, 5) is 23.4. The van der Waals surface area contributed by atoms with E-state index in [9.17, 15) is 9.59 Å². The first-order chi connectivity index (χ1) is 11.0. The van der Waals surface area contributed by atoms with Crippen molar-refractivity contribution < 1.29 is 23.8 Å². The van der Waals surface area contributed by atoms with Gasteiger partial charge >= 0.3 is 5.97 Å². The van der Waals surface area contributed by atoms with Crippen LogP contribution < -0.4 is 14.8 Å². The Balaban J connectivity index is 2.49. The third kappa shape index (κ3) is 6.02. The lowest BCUT2D eigenvalue weighted by Gasteiger charge is -2.13. The Morgan fingerprint density at radius 1 is 1.26 bits per heavy atom. The maximum atomic E-state index is 11.8. The number of hydrogen-bond donors (Lipinski definition) is 1. The number of aryl methyl sites for hydroxylation is 1. The molecule has 1 aromatic rings. The van der Waals surface area contributed by atoms with Crippen LogP contribution >= 0.6 is 0 Å². The van der Waals surface area contributed by atoms with Gasteiger partial charge in [0.15, 0.2) is 17.6 Å². The second-order valence-electron chi connectivity index (χ2n) is 4.86. The van der Waals surface area contributed by atoms with Crippen molar-refractivity contribution in [2.75, 3.05) is 20.8 Å². The van der Waals surface area contributed by atoms with Gasteiger partial charge in [-0.25, -0.2) is 0 Å². The Morgan fingerprint density at radius 2 is 1.96 bits per heavy atom. The predicted molar refractivity (Wildman–Crippen MR) is 86.6 cm³/mol. The molecule has 0 spiro atoms. The summed E-state index contributed by atoms with van der Waals surface area (Å²) in [7, 11) is 3.12. The highest BCUT2D eigenvalue weighted by Crippen LogP contribution is 2.27. The number of esters is 1. The average molecular weight is 321 g/mol. The van der Waals surface area contributed by atoms with Gasteiger partial charge in [-0.15, -0.1) is 6.58 Å². The molecule has 1 rings (SSSR count). The summed E-state index contributed by atoms with van der Waals surface area (Å²) in [5, 5.41) is 2.57. The number of methoxy groups -OCH3 is 2. The average Bonchev–Trinajstić information content (AvgIpc) is 2.57. The number of carbonyl (C=O) groups excluding carboxylic acids is 2. The Kier molecular flexibility index (Phi) is 7.66. The van der Waals surface area contributed by atoms with Crippen molar-refractivity contribution >= 4 is 11.9 Å². The smallest absolute Gasteiger partial charge is 0.306 e. The Hall–Kier alpha value is -2.50. The summed E-state index contributed by atoms with van der Waals surface area (Å²) >= 11 is 0. The number of benzene rings is 1. The molecule has 0 saturated carbocycles. The molecule has 23 heavy (non-hydrogen) atoms. The first-order valence-corrected chi connectivity index (χ1v) is 7.30. The van der Waals surface area contributed by atoms with E-state index in [1.165, 1.54) is 6.92 Å². The molecule has 0 unspecified atom stereocenters. The lowest BCUT2D eigenvalue weighted by molar-refractivity contribution is -0.154. The second kappa shape index (κ2) is 9.50. The van der Waals surface area contributed by atoms with Gasteiger partial charge in [-0.05, 0) is 31.0 Å². The van der Waals surface area contributed by atoms with Crippen LogP contribution in [0.3, 0.4) is 0 Å². The fourth-order valence-electron chi connectivity index (χ4n) is 1.91. The van der Waals surface area contributed by atoms with Crippen LogP contribution in [0.15, 0.2) is 30.9 Å². The van der Waals surface area contributed by atoms with E-state index in [0.717, 1.165) is 5.56 Å². The molecule has 0 fully saturated rings. The van der Waals surface area contributed by atoms with Gasteiger partial charge in [-0.3, -0.25) is 9.59 Å². The highest BCUT2D eigenvalue weighted by atomic mass is 16.5. The van der Waals surface area contributed by atoms with Crippen molar-refractivity contribution in [3.05, 3.63) is 36.4 Å². The minimum absolute atomic E-state index is 0.175. The number of amides is 1. The Bertz CT molecular complexity index is 556. The van der Waals surface area contributed by atoms with Crippen molar-refractivity contribution in [1.82, 2.24) is 5.32 Å². The van der Waals surface area contributed by atoms with E-state index in [2.05, 4.69) is 11.9 Å². The summed E-state index contributed by atoms with van der Waals surface area (Å²) < 4.78 is 15.5. The molecule has 0 aliphatic heterocycles. The zero-order valence-electron chi connectivity index (χ0n) is 13.8. The summed E-state index contributed by atoms with van der Waals surface area (Å²) in [5.41, 5.74) is 0.920. The summed E-state index contributed by atoms with van der Waals surface area (Å²) in [6, 6.07) is 5.45. The molecular weight excluding hydrogens is 298 g/mol. The fraction of sp³-hybridized carbons (Fsp3) is 0.412. The number of carbonyl (C=O) groups is 2. The molecule has 1 atom stereocenters. The van der Waals surface area contributed by atoms with Gasteiger partial charge in [0, 0.05) is 13.0 Å². The normalized spacial score (nSPS) is 11.3. The first kappa shape index (κ1) is 18.5. The molecular formula is C17H23NO5. The van der Waals surface area contributed by atoms with Crippen molar-refractivity contribution in [2.24, 2.45) is 0 Å². The van der Waals surface area contributed by atoms with E-state index in [1.807, 2.05) is 12.1 Å². The molecule has 0 aliphatic rings. The Labute approximate surface area is 136 Å². The predicted octanol–water partition coefficient (Wildman–Crippen LogP) is 1.87. The third-order valence-corrected chi connectivity index (χ3v) is 3.16. The highest BCUT2D eigenvalue weighted by Gasteiger charge is 2.17. The zero-order chi connectivity index (χ0) is 17.2. The van der Waals surface area contributed by atoms with Crippen LogP contribution in [0.25, 0.3) is 0 Å². The van der Waals surface area contributed by atoms with Crippen LogP contribution in [0.5, 0.6) is 11.5 Å². The minimum Gasteiger partial charge on any atom is -0.493 e. The Morgan fingerprint density at radius 3 is 2.57 bits per heavy atom. The maximum absolute atomic E-state index is 11.8.